The highest BCUT2D eigenvalue weighted by Crippen LogP contribution is 2.34. The number of benzene rings is 3. The molecule has 0 saturated carbocycles. The van der Waals surface area contributed by atoms with Gasteiger partial charge in [-0.05, 0) is 54.4 Å². The number of para-hydroxylation sites is 1. The molecule has 0 unspecified atom stereocenters. The zero-order valence-electron chi connectivity index (χ0n) is 16.1. The van der Waals surface area contributed by atoms with Crippen LogP contribution in [0, 0.1) is 0 Å². The summed E-state index contributed by atoms with van der Waals surface area (Å²) in [7, 11) is -3.48. The molecule has 0 spiro atoms. The first-order chi connectivity index (χ1) is 14.0. The molecule has 1 N–H and O–H groups in total. The van der Waals surface area contributed by atoms with E-state index in [1.807, 2.05) is 30.3 Å². The fraction of sp³-hybridized carbons (Fsp3) is 0.174. The van der Waals surface area contributed by atoms with Crippen molar-refractivity contribution in [3.05, 3.63) is 83.9 Å². The van der Waals surface area contributed by atoms with Gasteiger partial charge in [0.1, 0.15) is 0 Å². The summed E-state index contributed by atoms with van der Waals surface area (Å²) >= 11 is 0. The lowest BCUT2D eigenvalue weighted by Gasteiger charge is -2.20. The Bertz CT molecular complexity index is 1150. The summed E-state index contributed by atoms with van der Waals surface area (Å²) in [4.78, 5) is 15.0. The summed E-state index contributed by atoms with van der Waals surface area (Å²) in [5.74, 6) is -0.486. The van der Waals surface area contributed by atoms with E-state index >= 15 is 0 Å². The van der Waals surface area contributed by atoms with Crippen molar-refractivity contribution < 1.29 is 13.2 Å². The van der Waals surface area contributed by atoms with E-state index in [0.717, 1.165) is 18.7 Å². The molecule has 0 bridgehead atoms. The molecule has 6 heteroatoms. The normalized spacial score (nSPS) is 13.2. The molecule has 0 fully saturated rings. The van der Waals surface area contributed by atoms with Gasteiger partial charge in [0.2, 0.25) is 0 Å². The predicted molar refractivity (Wildman–Crippen MR) is 116 cm³/mol. The summed E-state index contributed by atoms with van der Waals surface area (Å²) in [6.07, 6.45) is 1.01. The van der Waals surface area contributed by atoms with Crippen LogP contribution >= 0.6 is 0 Å². The third-order valence-electron chi connectivity index (χ3n) is 5.17. The van der Waals surface area contributed by atoms with Crippen LogP contribution in [0.3, 0.4) is 0 Å². The Morgan fingerprint density at radius 2 is 1.66 bits per heavy atom. The minimum atomic E-state index is -3.48. The summed E-state index contributed by atoms with van der Waals surface area (Å²) in [5.41, 5.74) is 4.38. The SMILES string of the molecule is CCS(=O)(=O)c1ccccc1C(=O)Nc1ccc(N2CCc3ccccc32)cc1. The minimum Gasteiger partial charge on any atom is -0.341 e. The molecule has 148 valence electrons. The number of sulfone groups is 1. The number of carbonyl (C=O) groups excluding carboxylic acids is 1. The first-order valence-corrected chi connectivity index (χ1v) is 11.2. The maximum atomic E-state index is 12.7. The first-order valence-electron chi connectivity index (χ1n) is 9.58. The van der Waals surface area contributed by atoms with E-state index in [2.05, 4.69) is 28.4 Å². The summed E-state index contributed by atoms with van der Waals surface area (Å²) < 4.78 is 24.6. The van der Waals surface area contributed by atoms with Crippen molar-refractivity contribution in [3.8, 4) is 0 Å². The fourth-order valence-electron chi connectivity index (χ4n) is 3.61. The second kappa shape index (κ2) is 7.72. The molecule has 1 aliphatic rings. The van der Waals surface area contributed by atoms with Crippen LogP contribution in [0.4, 0.5) is 17.1 Å². The molecule has 0 aromatic heterocycles. The minimum absolute atomic E-state index is 0.0523. The second-order valence-corrected chi connectivity index (χ2v) is 9.18. The fourth-order valence-corrected chi connectivity index (χ4v) is 4.70. The molecule has 1 aliphatic heterocycles. The lowest BCUT2D eigenvalue weighted by Crippen LogP contribution is -2.17. The van der Waals surface area contributed by atoms with Gasteiger partial charge in [-0.2, -0.15) is 0 Å². The standard InChI is InChI=1S/C23H22N2O3S/c1-2-29(27,28)22-10-6-4-8-20(22)23(26)24-18-11-13-19(14-12-18)25-16-15-17-7-3-5-9-21(17)25/h3-14H,2,15-16H2,1H3,(H,24,26). The molecule has 0 atom stereocenters. The lowest BCUT2D eigenvalue weighted by molar-refractivity contribution is 0.102. The molecule has 1 amide bonds. The van der Waals surface area contributed by atoms with E-state index in [9.17, 15) is 13.2 Å². The van der Waals surface area contributed by atoms with E-state index in [1.165, 1.54) is 23.4 Å². The number of hydrogen-bond donors (Lipinski definition) is 1. The van der Waals surface area contributed by atoms with Gasteiger partial charge in [-0.25, -0.2) is 8.42 Å². The third kappa shape index (κ3) is 3.76. The topological polar surface area (TPSA) is 66.5 Å². The monoisotopic (exact) mass is 406 g/mol. The number of anilines is 3. The summed E-state index contributed by atoms with van der Waals surface area (Å²) in [6, 6.07) is 22.3. The van der Waals surface area contributed by atoms with Crippen LogP contribution in [-0.4, -0.2) is 26.6 Å². The van der Waals surface area contributed by atoms with Crippen molar-refractivity contribution in [2.75, 3.05) is 22.5 Å². The van der Waals surface area contributed by atoms with Crippen LogP contribution in [0.25, 0.3) is 0 Å². The van der Waals surface area contributed by atoms with Gasteiger partial charge < -0.3 is 10.2 Å². The average molecular weight is 407 g/mol. The molecule has 4 rings (SSSR count). The second-order valence-electron chi connectivity index (χ2n) is 6.93. The number of carbonyl (C=O) groups is 1. The number of nitrogens with one attached hydrogen (secondary N) is 1. The predicted octanol–water partition coefficient (Wildman–Crippen LogP) is 4.43. The zero-order valence-corrected chi connectivity index (χ0v) is 16.9. The van der Waals surface area contributed by atoms with E-state index in [1.54, 1.807) is 19.1 Å². The Morgan fingerprint density at radius 1 is 0.966 bits per heavy atom. The van der Waals surface area contributed by atoms with Crippen LogP contribution in [-0.2, 0) is 16.3 Å². The Balaban J connectivity index is 1.54. The maximum absolute atomic E-state index is 12.7. The van der Waals surface area contributed by atoms with Gasteiger partial charge in [0.05, 0.1) is 16.2 Å². The Labute approximate surface area is 170 Å². The highest BCUT2D eigenvalue weighted by atomic mass is 32.2. The van der Waals surface area contributed by atoms with Gasteiger partial charge in [0.25, 0.3) is 5.91 Å². The Kier molecular flexibility index (Phi) is 5.11. The van der Waals surface area contributed by atoms with Crippen molar-refractivity contribution in [1.29, 1.82) is 0 Å². The molecule has 1 heterocycles. The van der Waals surface area contributed by atoms with Crippen molar-refractivity contribution in [1.82, 2.24) is 0 Å². The number of amides is 1. The van der Waals surface area contributed by atoms with E-state index < -0.39 is 15.7 Å². The molecule has 5 nitrogen and oxygen atoms in total. The van der Waals surface area contributed by atoms with Gasteiger partial charge in [0, 0.05) is 23.6 Å². The van der Waals surface area contributed by atoms with Crippen LogP contribution < -0.4 is 10.2 Å². The average Bonchev–Trinajstić information content (AvgIpc) is 3.18. The van der Waals surface area contributed by atoms with Gasteiger partial charge >= 0.3 is 0 Å². The first kappa shape index (κ1) is 19.2. The Morgan fingerprint density at radius 3 is 2.41 bits per heavy atom. The molecule has 0 radical (unpaired) electrons. The molecule has 3 aromatic rings. The number of fused-ring (bicyclic) bond motifs is 1. The molecular weight excluding hydrogens is 384 g/mol. The van der Waals surface area contributed by atoms with Crippen LogP contribution in [0.2, 0.25) is 0 Å². The summed E-state index contributed by atoms with van der Waals surface area (Å²) in [5, 5.41) is 2.81. The van der Waals surface area contributed by atoms with Crippen LogP contribution in [0.5, 0.6) is 0 Å². The molecule has 3 aromatic carbocycles. The van der Waals surface area contributed by atoms with Gasteiger partial charge in [-0.1, -0.05) is 37.3 Å². The summed E-state index contributed by atoms with van der Waals surface area (Å²) in [6.45, 7) is 2.49. The van der Waals surface area contributed by atoms with E-state index in [-0.39, 0.29) is 16.2 Å². The van der Waals surface area contributed by atoms with Crippen molar-refractivity contribution in [3.63, 3.8) is 0 Å². The largest absolute Gasteiger partial charge is 0.341 e. The molecular formula is C23H22N2O3S. The van der Waals surface area contributed by atoms with E-state index in [4.69, 9.17) is 0 Å². The third-order valence-corrected chi connectivity index (χ3v) is 6.96. The van der Waals surface area contributed by atoms with Gasteiger partial charge in [-0.3, -0.25) is 4.79 Å². The van der Waals surface area contributed by atoms with Gasteiger partial charge in [-0.15, -0.1) is 0 Å². The Hall–Kier alpha value is -3.12. The highest BCUT2D eigenvalue weighted by molar-refractivity contribution is 7.91. The molecule has 29 heavy (non-hydrogen) atoms. The molecule has 0 aliphatic carbocycles. The quantitative estimate of drug-likeness (QED) is 0.681. The lowest BCUT2D eigenvalue weighted by atomic mass is 10.2. The van der Waals surface area contributed by atoms with Crippen LogP contribution in [0.1, 0.15) is 22.8 Å². The highest BCUT2D eigenvalue weighted by Gasteiger charge is 2.21. The molecule has 0 saturated heterocycles. The van der Waals surface area contributed by atoms with Crippen molar-refractivity contribution in [2.45, 2.75) is 18.2 Å². The van der Waals surface area contributed by atoms with Crippen molar-refractivity contribution in [2.24, 2.45) is 0 Å². The number of nitrogens with zero attached hydrogens (tertiary/aromatic N) is 1. The maximum Gasteiger partial charge on any atom is 0.256 e. The number of hydrogen-bond acceptors (Lipinski definition) is 4. The van der Waals surface area contributed by atoms with Gasteiger partial charge in [0.15, 0.2) is 9.84 Å². The van der Waals surface area contributed by atoms with Crippen molar-refractivity contribution >= 4 is 32.8 Å². The number of rotatable bonds is 5. The van der Waals surface area contributed by atoms with E-state index in [0.29, 0.717) is 5.69 Å². The zero-order chi connectivity index (χ0) is 20.4. The van der Waals surface area contributed by atoms with Crippen LogP contribution in [0.15, 0.2) is 77.7 Å². The smallest absolute Gasteiger partial charge is 0.256 e.